The number of nitrogens with zero attached hydrogens (tertiary/aromatic N) is 1. The van der Waals surface area contributed by atoms with Crippen LogP contribution in [0.5, 0.6) is 0 Å². The molecule has 5 heavy (non-hydrogen) atoms. The van der Waals surface area contributed by atoms with Crippen molar-refractivity contribution in [1.82, 2.24) is 0 Å². The average Bonchev–Trinajstić information content (AvgIpc) is 1.41. The van der Waals surface area contributed by atoms with Gasteiger partial charge in [-0.3, -0.25) is 0 Å². The molecular formula is C2H4N2W. The Kier molecular flexibility index (Phi) is 4.05. The molecule has 2 nitrogen and oxygen atoms in total. The Labute approximate surface area is 41.5 Å². The Bertz CT molecular complexity index is 49.6. The molecule has 0 spiro atoms. The number of rotatable bonds is 1. The van der Waals surface area contributed by atoms with Gasteiger partial charge >= 0.3 is 40.9 Å². The summed E-state index contributed by atoms with van der Waals surface area (Å²) in [6.45, 7) is 0. The molecule has 0 aliphatic carbocycles. The van der Waals surface area contributed by atoms with E-state index in [0.717, 1.165) is 0 Å². The molecule has 0 aliphatic heterocycles. The fourth-order valence-corrected chi connectivity index (χ4v) is 0.288. The van der Waals surface area contributed by atoms with Crippen molar-refractivity contribution in [3.05, 3.63) is 0 Å². The number of hydrogen-bond acceptors (Lipinski definition) is 1. The molecule has 0 rings (SSSR count). The van der Waals surface area contributed by atoms with Crippen molar-refractivity contribution in [2.75, 3.05) is 0 Å². The number of aliphatic imine (C=N–C) groups is 1. The van der Waals surface area contributed by atoms with E-state index < -0.39 is 0 Å². The van der Waals surface area contributed by atoms with Crippen LogP contribution in [0.1, 0.15) is 0 Å². The van der Waals surface area contributed by atoms with Gasteiger partial charge in [0.05, 0.1) is 0 Å². The molecule has 0 bridgehead atoms. The van der Waals surface area contributed by atoms with Gasteiger partial charge in [0.1, 0.15) is 0 Å². The van der Waals surface area contributed by atoms with Gasteiger partial charge in [0, 0.05) is 0 Å². The quantitative estimate of drug-likeness (QED) is 0.476. The fourth-order valence-electron chi connectivity index (χ4n) is 0.0351. The molecule has 0 saturated carbocycles. The van der Waals surface area contributed by atoms with Crippen LogP contribution in [-0.2, 0) is 19.4 Å². The third-order valence-corrected chi connectivity index (χ3v) is 0.584. The molecule has 0 heterocycles. The van der Waals surface area contributed by atoms with Crippen molar-refractivity contribution >= 4 is 10.9 Å². The molecule has 0 aliphatic rings. The summed E-state index contributed by atoms with van der Waals surface area (Å²) in [5.41, 5.74) is 4.83. The zero-order valence-corrected chi connectivity index (χ0v) is 5.52. The van der Waals surface area contributed by atoms with Gasteiger partial charge in [0.2, 0.25) is 0 Å². The van der Waals surface area contributed by atoms with E-state index in [1.807, 2.05) is 0 Å². The predicted molar refractivity (Wildman–Crippen MR) is 18.7 cm³/mol. The molecule has 0 aromatic heterocycles. The molecular weight excluding hydrogens is 236 g/mol. The normalized spacial score (nSPS) is 8.80. The first-order chi connectivity index (χ1) is 2.41. The van der Waals surface area contributed by atoms with Crippen LogP contribution in [0.3, 0.4) is 0 Å². The van der Waals surface area contributed by atoms with E-state index in [4.69, 9.17) is 5.73 Å². The monoisotopic (exact) mass is 240 g/mol. The van der Waals surface area contributed by atoms with Gasteiger partial charge in [-0.1, -0.05) is 0 Å². The van der Waals surface area contributed by atoms with Crippen molar-refractivity contribution in [1.29, 1.82) is 0 Å². The van der Waals surface area contributed by atoms with E-state index >= 15 is 0 Å². The minimum atomic E-state index is 1.27. The molecule has 0 radical (unpaired) electrons. The summed E-state index contributed by atoms with van der Waals surface area (Å²) in [7, 11) is 0. The summed E-state index contributed by atoms with van der Waals surface area (Å²) in [6.07, 6.45) is 1.27. The molecule has 0 atom stereocenters. The van der Waals surface area contributed by atoms with E-state index in [2.05, 4.69) is 4.99 Å². The van der Waals surface area contributed by atoms with Gasteiger partial charge in [0.15, 0.2) is 0 Å². The summed E-state index contributed by atoms with van der Waals surface area (Å²) < 4.78 is 1.71. The third kappa shape index (κ3) is 4.03. The maximum atomic E-state index is 4.83. The molecule has 0 unspecified atom stereocenters. The van der Waals surface area contributed by atoms with E-state index in [1.54, 1.807) is 4.52 Å². The molecule has 0 aromatic rings. The van der Waals surface area contributed by atoms with Crippen LogP contribution in [0.4, 0.5) is 0 Å². The summed E-state index contributed by atoms with van der Waals surface area (Å²) in [6, 6.07) is 0. The standard InChI is InChI=1S/C2H4N2.W/c1-4-2-3;/h1-2H,3H2;. The van der Waals surface area contributed by atoms with E-state index in [-0.39, 0.29) is 0 Å². The molecule has 2 N–H and O–H groups in total. The Morgan fingerprint density at radius 2 is 2.40 bits per heavy atom. The number of nitrogens with two attached hydrogens (primary N) is 1. The van der Waals surface area contributed by atoms with E-state index in [9.17, 15) is 0 Å². The second-order valence-corrected chi connectivity index (χ2v) is 1.16. The second-order valence-electron chi connectivity index (χ2n) is 0.404. The number of hydrogen-bond donors (Lipinski definition) is 1. The van der Waals surface area contributed by atoms with Gasteiger partial charge in [-0.15, -0.1) is 0 Å². The fraction of sp³-hybridized carbons (Fsp3) is 0. The Morgan fingerprint density at radius 1 is 1.80 bits per heavy atom. The minimum absolute atomic E-state index is 1.27. The molecule has 3 heteroatoms. The zero-order valence-electron chi connectivity index (χ0n) is 2.59. The predicted octanol–water partition coefficient (Wildman–Crippen LogP) is -0.720. The average molecular weight is 240 g/mol. The summed E-state index contributed by atoms with van der Waals surface area (Å²) in [4.78, 5) is 3.54. The van der Waals surface area contributed by atoms with Crippen LogP contribution in [0.2, 0.25) is 0 Å². The zero-order chi connectivity index (χ0) is 4.12. The van der Waals surface area contributed by atoms with Crippen LogP contribution in [0, 0.1) is 0 Å². The molecule has 0 fully saturated rings. The second kappa shape index (κ2) is 4.03. The van der Waals surface area contributed by atoms with Crippen molar-refractivity contribution < 1.29 is 19.4 Å². The first-order valence-electron chi connectivity index (χ1n) is 1.09. The Hall–Kier alpha value is 0.0283. The van der Waals surface area contributed by atoms with Crippen molar-refractivity contribution in [2.45, 2.75) is 0 Å². The molecule has 0 saturated heterocycles. The Morgan fingerprint density at radius 3 is 2.40 bits per heavy atom. The molecule has 0 amide bonds. The van der Waals surface area contributed by atoms with Crippen LogP contribution >= 0.6 is 0 Å². The van der Waals surface area contributed by atoms with Gasteiger partial charge < -0.3 is 0 Å². The molecule has 0 aromatic carbocycles. The van der Waals surface area contributed by atoms with Gasteiger partial charge in [-0.2, -0.15) is 0 Å². The molecule has 28 valence electrons. The SMILES string of the molecule is NC=N[CH]=[W]. The van der Waals surface area contributed by atoms with E-state index in [0.29, 0.717) is 0 Å². The van der Waals surface area contributed by atoms with Crippen LogP contribution in [0.15, 0.2) is 4.99 Å². The van der Waals surface area contributed by atoms with Crippen molar-refractivity contribution in [3.8, 4) is 0 Å². The van der Waals surface area contributed by atoms with Gasteiger partial charge in [0.25, 0.3) is 0 Å². The Balaban J connectivity index is 2.92. The summed E-state index contributed by atoms with van der Waals surface area (Å²) in [5, 5.41) is 0. The summed E-state index contributed by atoms with van der Waals surface area (Å²) >= 11 is 1.32. The first-order valence-corrected chi connectivity index (χ1v) is 2.78. The van der Waals surface area contributed by atoms with E-state index in [1.165, 1.54) is 25.7 Å². The first kappa shape index (κ1) is 5.03. The van der Waals surface area contributed by atoms with Crippen molar-refractivity contribution in [2.24, 2.45) is 10.7 Å². The maximum absolute atomic E-state index is 4.83. The summed E-state index contributed by atoms with van der Waals surface area (Å²) in [5.74, 6) is 0. The van der Waals surface area contributed by atoms with Crippen LogP contribution in [0.25, 0.3) is 0 Å². The van der Waals surface area contributed by atoms with Gasteiger partial charge in [-0.05, 0) is 0 Å². The van der Waals surface area contributed by atoms with Gasteiger partial charge in [-0.25, -0.2) is 0 Å². The third-order valence-electron chi connectivity index (χ3n) is 0.147. The van der Waals surface area contributed by atoms with Crippen LogP contribution in [-0.4, -0.2) is 10.9 Å². The van der Waals surface area contributed by atoms with Crippen LogP contribution < -0.4 is 5.73 Å². The topological polar surface area (TPSA) is 38.4 Å². The van der Waals surface area contributed by atoms with Crippen molar-refractivity contribution in [3.63, 3.8) is 0 Å².